The highest BCUT2D eigenvalue weighted by Gasteiger charge is 2.14. The Kier molecular flexibility index (Phi) is 3.50. The quantitative estimate of drug-likeness (QED) is 0.805. The van der Waals surface area contributed by atoms with Crippen LogP contribution in [0.3, 0.4) is 0 Å². The smallest absolute Gasteiger partial charge is 0.316 e. The van der Waals surface area contributed by atoms with E-state index in [0.717, 1.165) is 37.6 Å². The first-order valence-corrected chi connectivity index (χ1v) is 5.47. The summed E-state index contributed by atoms with van der Waals surface area (Å²) < 4.78 is 5.47. The first-order valence-electron chi connectivity index (χ1n) is 5.47. The molecule has 1 N–H and O–H groups in total. The molecule has 4 heteroatoms. The average Bonchev–Trinajstić information content (AvgIpc) is 2.74. The molecule has 0 radical (unpaired) electrons. The molecule has 15 heavy (non-hydrogen) atoms. The fraction of sp³-hybridized carbons (Fsp3) is 0.636. The van der Waals surface area contributed by atoms with Crippen molar-refractivity contribution in [1.29, 1.82) is 0 Å². The maximum atomic E-state index is 5.47. The molecule has 0 aliphatic carbocycles. The van der Waals surface area contributed by atoms with Crippen LogP contribution in [0.15, 0.2) is 12.4 Å². The highest BCUT2D eigenvalue weighted by Crippen LogP contribution is 2.12. The third-order valence-corrected chi connectivity index (χ3v) is 2.68. The number of nitrogens with zero attached hydrogens (tertiary/aromatic N) is 2. The van der Waals surface area contributed by atoms with E-state index in [-0.39, 0.29) is 0 Å². The minimum absolute atomic E-state index is 0.492. The van der Waals surface area contributed by atoms with Crippen LogP contribution in [-0.2, 0) is 0 Å². The predicted molar refractivity (Wildman–Crippen MR) is 57.9 cm³/mol. The van der Waals surface area contributed by atoms with Crippen molar-refractivity contribution < 1.29 is 4.74 Å². The summed E-state index contributed by atoms with van der Waals surface area (Å²) in [7, 11) is 0. The number of rotatable bonds is 4. The fourth-order valence-electron chi connectivity index (χ4n) is 1.73. The molecule has 4 nitrogen and oxygen atoms in total. The second kappa shape index (κ2) is 5.07. The minimum atomic E-state index is 0.492. The summed E-state index contributed by atoms with van der Waals surface area (Å²) in [5, 5.41) is 3.34. The van der Waals surface area contributed by atoms with Gasteiger partial charge in [0.1, 0.15) is 0 Å². The Hall–Kier alpha value is -1.16. The van der Waals surface area contributed by atoms with Gasteiger partial charge in [-0.3, -0.25) is 0 Å². The summed E-state index contributed by atoms with van der Waals surface area (Å²) in [6.45, 7) is 4.95. The van der Waals surface area contributed by atoms with E-state index >= 15 is 0 Å². The highest BCUT2D eigenvalue weighted by molar-refractivity contribution is 5.04. The van der Waals surface area contributed by atoms with Crippen LogP contribution in [0.5, 0.6) is 6.01 Å². The van der Waals surface area contributed by atoms with E-state index < -0.39 is 0 Å². The largest absolute Gasteiger partial charge is 0.463 e. The monoisotopic (exact) mass is 207 g/mol. The van der Waals surface area contributed by atoms with E-state index in [0.29, 0.717) is 6.01 Å². The zero-order chi connectivity index (χ0) is 10.5. The van der Waals surface area contributed by atoms with Crippen molar-refractivity contribution in [2.24, 2.45) is 5.92 Å². The van der Waals surface area contributed by atoms with Crippen LogP contribution in [0.4, 0.5) is 0 Å². The van der Waals surface area contributed by atoms with E-state index in [4.69, 9.17) is 4.74 Å². The first kappa shape index (κ1) is 10.4. The molecule has 0 amide bonds. The minimum Gasteiger partial charge on any atom is -0.463 e. The van der Waals surface area contributed by atoms with Crippen molar-refractivity contribution in [2.75, 3.05) is 19.7 Å². The number of ether oxygens (including phenoxy) is 1. The van der Waals surface area contributed by atoms with E-state index in [1.807, 2.05) is 6.92 Å². The Bertz CT molecular complexity index is 293. The average molecular weight is 207 g/mol. The van der Waals surface area contributed by atoms with Gasteiger partial charge in [-0.25, -0.2) is 9.97 Å². The molecule has 0 saturated carbocycles. The summed E-state index contributed by atoms with van der Waals surface area (Å²) in [6, 6.07) is 0.492. The van der Waals surface area contributed by atoms with Crippen LogP contribution in [-0.4, -0.2) is 29.7 Å². The second-order valence-corrected chi connectivity index (χ2v) is 4.04. The van der Waals surface area contributed by atoms with Gasteiger partial charge in [-0.05, 0) is 44.3 Å². The van der Waals surface area contributed by atoms with Gasteiger partial charge in [0, 0.05) is 12.4 Å². The van der Waals surface area contributed by atoms with Crippen molar-refractivity contribution >= 4 is 0 Å². The Labute approximate surface area is 90.1 Å². The van der Waals surface area contributed by atoms with Crippen molar-refractivity contribution in [3.05, 3.63) is 18.0 Å². The third kappa shape index (κ3) is 3.16. The Morgan fingerprint density at radius 3 is 2.93 bits per heavy atom. The molecule has 1 atom stereocenters. The summed E-state index contributed by atoms with van der Waals surface area (Å²) in [6.07, 6.45) is 5.90. The Balaban J connectivity index is 1.71. The van der Waals surface area contributed by atoms with Crippen molar-refractivity contribution in [2.45, 2.75) is 19.8 Å². The SMILES string of the molecule is Cc1cnc(OCCC2CCNC2)nc1. The maximum Gasteiger partial charge on any atom is 0.316 e. The molecule has 1 saturated heterocycles. The fourth-order valence-corrected chi connectivity index (χ4v) is 1.73. The van der Waals surface area contributed by atoms with Gasteiger partial charge >= 0.3 is 6.01 Å². The van der Waals surface area contributed by atoms with Gasteiger partial charge in [0.2, 0.25) is 0 Å². The Morgan fingerprint density at radius 2 is 2.27 bits per heavy atom. The van der Waals surface area contributed by atoms with Crippen LogP contribution < -0.4 is 10.1 Å². The van der Waals surface area contributed by atoms with E-state index in [1.165, 1.54) is 6.42 Å². The number of aromatic nitrogens is 2. The van der Waals surface area contributed by atoms with Gasteiger partial charge in [0.15, 0.2) is 0 Å². The van der Waals surface area contributed by atoms with E-state index in [2.05, 4.69) is 15.3 Å². The third-order valence-electron chi connectivity index (χ3n) is 2.68. The van der Waals surface area contributed by atoms with Gasteiger partial charge in [-0.15, -0.1) is 0 Å². The van der Waals surface area contributed by atoms with E-state index in [9.17, 15) is 0 Å². The molecule has 1 fully saturated rings. The van der Waals surface area contributed by atoms with Crippen LogP contribution in [0, 0.1) is 12.8 Å². The molecule has 0 bridgehead atoms. The van der Waals surface area contributed by atoms with Crippen LogP contribution in [0.25, 0.3) is 0 Å². The maximum absolute atomic E-state index is 5.47. The number of hydrogen-bond acceptors (Lipinski definition) is 4. The lowest BCUT2D eigenvalue weighted by Gasteiger charge is -2.08. The lowest BCUT2D eigenvalue weighted by atomic mass is 10.1. The van der Waals surface area contributed by atoms with Crippen LogP contribution in [0.2, 0.25) is 0 Å². The molecular formula is C11H17N3O. The standard InChI is InChI=1S/C11H17N3O/c1-9-6-13-11(14-7-9)15-5-3-10-2-4-12-8-10/h6-7,10,12H,2-5,8H2,1H3. The van der Waals surface area contributed by atoms with Gasteiger partial charge in [0.05, 0.1) is 6.61 Å². The zero-order valence-electron chi connectivity index (χ0n) is 9.07. The lowest BCUT2D eigenvalue weighted by Crippen LogP contribution is -2.12. The van der Waals surface area contributed by atoms with Gasteiger partial charge in [-0.2, -0.15) is 0 Å². The molecule has 82 valence electrons. The molecule has 0 spiro atoms. The Morgan fingerprint density at radius 1 is 1.47 bits per heavy atom. The molecule has 2 rings (SSSR count). The summed E-state index contributed by atoms with van der Waals surface area (Å²) in [4.78, 5) is 8.19. The van der Waals surface area contributed by atoms with Crippen molar-refractivity contribution in [3.63, 3.8) is 0 Å². The topological polar surface area (TPSA) is 47.0 Å². The van der Waals surface area contributed by atoms with Gasteiger partial charge in [0.25, 0.3) is 0 Å². The first-order chi connectivity index (χ1) is 7.34. The number of aryl methyl sites for hydroxylation is 1. The summed E-state index contributed by atoms with van der Waals surface area (Å²) in [5.41, 5.74) is 1.06. The van der Waals surface area contributed by atoms with Crippen molar-refractivity contribution in [3.8, 4) is 6.01 Å². The molecule has 1 aromatic heterocycles. The van der Waals surface area contributed by atoms with Gasteiger partial charge in [-0.1, -0.05) is 0 Å². The molecule has 1 aliphatic heterocycles. The number of nitrogens with one attached hydrogen (secondary N) is 1. The van der Waals surface area contributed by atoms with Crippen LogP contribution in [0.1, 0.15) is 18.4 Å². The molecule has 1 unspecified atom stereocenters. The molecule has 0 aromatic carbocycles. The van der Waals surface area contributed by atoms with Gasteiger partial charge < -0.3 is 10.1 Å². The molecule has 1 aromatic rings. The van der Waals surface area contributed by atoms with E-state index in [1.54, 1.807) is 12.4 Å². The lowest BCUT2D eigenvalue weighted by molar-refractivity contribution is 0.263. The summed E-state index contributed by atoms with van der Waals surface area (Å²) >= 11 is 0. The van der Waals surface area contributed by atoms with Crippen molar-refractivity contribution in [1.82, 2.24) is 15.3 Å². The summed E-state index contributed by atoms with van der Waals surface area (Å²) in [5.74, 6) is 0.760. The molecule has 1 aliphatic rings. The molecular weight excluding hydrogens is 190 g/mol. The normalized spacial score (nSPS) is 20.5. The van der Waals surface area contributed by atoms with Crippen LogP contribution >= 0.6 is 0 Å². The molecule has 2 heterocycles. The highest BCUT2D eigenvalue weighted by atomic mass is 16.5. The predicted octanol–water partition coefficient (Wildman–Crippen LogP) is 1.16. The second-order valence-electron chi connectivity index (χ2n) is 4.04. The number of hydrogen-bond donors (Lipinski definition) is 1. The zero-order valence-corrected chi connectivity index (χ0v) is 9.07.